The first-order chi connectivity index (χ1) is 7.34. The molecular formula is C12H18N2S. The van der Waals surface area contributed by atoms with Crippen LogP contribution in [0.1, 0.15) is 25.0 Å². The van der Waals surface area contributed by atoms with E-state index in [4.69, 9.17) is 0 Å². The normalized spacial score (nSPS) is 21.1. The molecule has 1 aliphatic carbocycles. The van der Waals surface area contributed by atoms with Crippen LogP contribution in [0.4, 0.5) is 0 Å². The van der Waals surface area contributed by atoms with Gasteiger partial charge in [0.25, 0.3) is 0 Å². The summed E-state index contributed by atoms with van der Waals surface area (Å²) in [6.07, 6.45) is 8.48. The Bertz CT molecular complexity index is 305. The van der Waals surface area contributed by atoms with E-state index in [2.05, 4.69) is 34.5 Å². The van der Waals surface area contributed by atoms with E-state index in [-0.39, 0.29) is 0 Å². The quantitative estimate of drug-likeness (QED) is 0.728. The number of hydrogen-bond acceptors (Lipinski definition) is 3. The molecule has 0 bridgehead atoms. The van der Waals surface area contributed by atoms with E-state index in [0.29, 0.717) is 0 Å². The van der Waals surface area contributed by atoms with Gasteiger partial charge < -0.3 is 4.90 Å². The molecule has 0 radical (unpaired) electrons. The molecule has 2 rings (SSSR count). The molecule has 0 saturated heterocycles. The largest absolute Gasteiger partial charge is 0.300 e. The van der Waals surface area contributed by atoms with Crippen LogP contribution in [0, 0.1) is 5.92 Å². The molecule has 0 aromatic carbocycles. The van der Waals surface area contributed by atoms with Gasteiger partial charge in [-0.2, -0.15) is 0 Å². The van der Waals surface area contributed by atoms with Crippen LogP contribution < -0.4 is 0 Å². The molecule has 0 fully saturated rings. The van der Waals surface area contributed by atoms with Crippen LogP contribution in [0.15, 0.2) is 23.0 Å². The van der Waals surface area contributed by atoms with Gasteiger partial charge in [0.1, 0.15) is 0 Å². The van der Waals surface area contributed by atoms with Crippen molar-refractivity contribution in [3.8, 4) is 0 Å². The van der Waals surface area contributed by atoms with Crippen molar-refractivity contribution in [2.75, 3.05) is 13.6 Å². The molecule has 0 amide bonds. The highest BCUT2D eigenvalue weighted by Gasteiger charge is 2.12. The minimum Gasteiger partial charge on any atom is -0.300 e. The number of thiazole rings is 1. The average molecular weight is 222 g/mol. The average Bonchev–Trinajstić information content (AvgIpc) is 2.71. The Hall–Kier alpha value is -0.670. The van der Waals surface area contributed by atoms with Crippen LogP contribution >= 0.6 is 11.3 Å². The monoisotopic (exact) mass is 222 g/mol. The van der Waals surface area contributed by atoms with Gasteiger partial charge in [0.2, 0.25) is 0 Å². The maximum atomic E-state index is 4.31. The van der Waals surface area contributed by atoms with Crippen LogP contribution in [0.2, 0.25) is 0 Å². The van der Waals surface area contributed by atoms with Gasteiger partial charge in [0.05, 0.1) is 11.2 Å². The fourth-order valence-electron chi connectivity index (χ4n) is 2.12. The zero-order valence-corrected chi connectivity index (χ0v) is 10.0. The summed E-state index contributed by atoms with van der Waals surface area (Å²) in [7, 11) is 2.19. The van der Waals surface area contributed by atoms with Crippen molar-refractivity contribution in [2.24, 2.45) is 5.92 Å². The SMILES string of the molecule is CN(Cc1cscn1)C[C@@H]1CC=CCC1. The molecule has 1 aliphatic rings. The van der Waals surface area contributed by atoms with Crippen LogP contribution in [-0.2, 0) is 6.54 Å². The van der Waals surface area contributed by atoms with Gasteiger partial charge in [-0.3, -0.25) is 0 Å². The van der Waals surface area contributed by atoms with E-state index in [1.165, 1.54) is 31.5 Å². The van der Waals surface area contributed by atoms with E-state index in [0.717, 1.165) is 12.5 Å². The molecule has 1 aromatic rings. The summed E-state index contributed by atoms with van der Waals surface area (Å²) in [6, 6.07) is 0. The first-order valence-electron chi connectivity index (χ1n) is 5.55. The van der Waals surface area contributed by atoms with Gasteiger partial charge in [-0.05, 0) is 32.2 Å². The van der Waals surface area contributed by atoms with Crippen molar-refractivity contribution in [3.63, 3.8) is 0 Å². The second kappa shape index (κ2) is 5.42. The molecule has 82 valence electrons. The van der Waals surface area contributed by atoms with Crippen molar-refractivity contribution in [1.29, 1.82) is 0 Å². The van der Waals surface area contributed by atoms with Crippen molar-refractivity contribution >= 4 is 11.3 Å². The Morgan fingerprint density at radius 3 is 3.13 bits per heavy atom. The third kappa shape index (κ3) is 3.43. The summed E-state index contributed by atoms with van der Waals surface area (Å²) in [5.41, 5.74) is 3.11. The van der Waals surface area contributed by atoms with Gasteiger partial charge in [-0.15, -0.1) is 11.3 Å². The smallest absolute Gasteiger partial charge is 0.0795 e. The lowest BCUT2D eigenvalue weighted by atomic mass is 9.94. The maximum absolute atomic E-state index is 4.31. The summed E-state index contributed by atoms with van der Waals surface area (Å²) in [5, 5.41) is 2.14. The highest BCUT2D eigenvalue weighted by molar-refractivity contribution is 7.07. The Morgan fingerprint density at radius 1 is 1.53 bits per heavy atom. The molecule has 0 saturated carbocycles. The van der Waals surface area contributed by atoms with Gasteiger partial charge in [0, 0.05) is 18.5 Å². The fourth-order valence-corrected chi connectivity index (χ4v) is 2.67. The highest BCUT2D eigenvalue weighted by atomic mass is 32.1. The molecule has 0 N–H and O–H groups in total. The Balaban J connectivity index is 1.76. The summed E-state index contributed by atoms with van der Waals surface area (Å²) in [4.78, 5) is 6.70. The van der Waals surface area contributed by atoms with E-state index < -0.39 is 0 Å². The topological polar surface area (TPSA) is 16.1 Å². The molecule has 0 spiro atoms. The van der Waals surface area contributed by atoms with Crippen LogP contribution in [0.5, 0.6) is 0 Å². The summed E-state index contributed by atoms with van der Waals surface area (Å²) in [5.74, 6) is 0.846. The predicted octanol–water partition coefficient (Wildman–Crippen LogP) is 2.93. The molecule has 1 heterocycles. The lowest BCUT2D eigenvalue weighted by molar-refractivity contribution is 0.256. The summed E-state index contributed by atoms with van der Waals surface area (Å²) >= 11 is 1.68. The minimum absolute atomic E-state index is 0.846. The molecule has 1 atom stereocenters. The van der Waals surface area contributed by atoms with Crippen LogP contribution in [0.25, 0.3) is 0 Å². The van der Waals surface area contributed by atoms with Gasteiger partial charge in [-0.25, -0.2) is 4.98 Å². The number of aromatic nitrogens is 1. The van der Waals surface area contributed by atoms with Crippen LogP contribution in [0.3, 0.4) is 0 Å². The van der Waals surface area contributed by atoms with Gasteiger partial charge in [0.15, 0.2) is 0 Å². The van der Waals surface area contributed by atoms with E-state index >= 15 is 0 Å². The second-order valence-corrected chi connectivity index (χ2v) is 5.05. The first kappa shape index (κ1) is 10.8. The zero-order chi connectivity index (χ0) is 10.5. The molecule has 0 aliphatic heterocycles. The lowest BCUT2D eigenvalue weighted by Gasteiger charge is -2.24. The molecule has 15 heavy (non-hydrogen) atoms. The molecule has 0 unspecified atom stereocenters. The summed E-state index contributed by atoms with van der Waals surface area (Å²) in [6.45, 7) is 2.19. The number of allylic oxidation sites excluding steroid dienone is 2. The first-order valence-corrected chi connectivity index (χ1v) is 6.49. The third-order valence-corrected chi connectivity index (χ3v) is 3.50. The number of nitrogens with zero attached hydrogens (tertiary/aromatic N) is 2. The lowest BCUT2D eigenvalue weighted by Crippen LogP contribution is -2.26. The number of hydrogen-bond donors (Lipinski definition) is 0. The number of rotatable bonds is 4. The van der Waals surface area contributed by atoms with E-state index in [9.17, 15) is 0 Å². The molecule has 2 nitrogen and oxygen atoms in total. The predicted molar refractivity (Wildman–Crippen MR) is 64.9 cm³/mol. The van der Waals surface area contributed by atoms with Gasteiger partial charge in [-0.1, -0.05) is 12.2 Å². The van der Waals surface area contributed by atoms with E-state index in [1.54, 1.807) is 11.3 Å². The highest BCUT2D eigenvalue weighted by Crippen LogP contribution is 2.19. The van der Waals surface area contributed by atoms with Crippen molar-refractivity contribution < 1.29 is 0 Å². The van der Waals surface area contributed by atoms with Crippen LogP contribution in [-0.4, -0.2) is 23.5 Å². The third-order valence-electron chi connectivity index (χ3n) is 2.86. The molecule has 3 heteroatoms. The van der Waals surface area contributed by atoms with Crippen molar-refractivity contribution in [1.82, 2.24) is 9.88 Å². The maximum Gasteiger partial charge on any atom is 0.0795 e. The van der Waals surface area contributed by atoms with Crippen molar-refractivity contribution in [2.45, 2.75) is 25.8 Å². The van der Waals surface area contributed by atoms with Gasteiger partial charge >= 0.3 is 0 Å². The minimum atomic E-state index is 0.846. The summed E-state index contributed by atoms with van der Waals surface area (Å²) < 4.78 is 0. The second-order valence-electron chi connectivity index (χ2n) is 4.33. The molecule has 1 aromatic heterocycles. The Morgan fingerprint density at radius 2 is 2.47 bits per heavy atom. The van der Waals surface area contributed by atoms with Crippen molar-refractivity contribution in [3.05, 3.63) is 28.7 Å². The standard InChI is InChI=1S/C12H18N2S/c1-14(8-12-9-15-10-13-12)7-11-5-3-2-4-6-11/h2-3,9-11H,4-8H2,1H3/t11-/m1/s1. The zero-order valence-electron chi connectivity index (χ0n) is 9.22. The molecular weight excluding hydrogens is 204 g/mol. The Labute approximate surface area is 95.6 Å². The van der Waals surface area contributed by atoms with E-state index in [1.807, 2.05) is 5.51 Å². The Kier molecular flexibility index (Phi) is 3.92. The fraction of sp³-hybridized carbons (Fsp3) is 0.583.